The molecule has 78 valence electrons. The number of carbonyl (C=O) groups excluding carboxylic acids is 1. The molecule has 1 fully saturated rings. The van der Waals surface area contributed by atoms with Gasteiger partial charge in [0.25, 0.3) is 5.91 Å². The van der Waals surface area contributed by atoms with Crippen molar-refractivity contribution >= 4 is 5.91 Å². The molecule has 0 aromatic carbocycles. The monoisotopic (exact) mass is 194 g/mol. The Hall–Kier alpha value is -1.01. The number of hydrogen-bond donors (Lipinski definition) is 1. The molecule has 0 unspecified atom stereocenters. The molecule has 0 saturated carbocycles. The van der Waals surface area contributed by atoms with Crippen LogP contribution in [0.2, 0.25) is 0 Å². The van der Waals surface area contributed by atoms with Crippen LogP contribution < -0.4 is 5.32 Å². The van der Waals surface area contributed by atoms with E-state index in [0.717, 1.165) is 38.4 Å². The minimum Gasteiger partial charge on any atom is -0.332 e. The van der Waals surface area contributed by atoms with Gasteiger partial charge in [-0.05, 0) is 44.7 Å². The van der Waals surface area contributed by atoms with Crippen molar-refractivity contribution in [1.82, 2.24) is 10.2 Å². The molecular formula is C11H18N2O. The lowest BCUT2D eigenvalue weighted by atomic mass is 9.93. The van der Waals surface area contributed by atoms with E-state index in [1.165, 1.54) is 6.42 Å². The molecule has 0 aromatic heterocycles. The number of nitrogens with zero attached hydrogens (tertiary/aromatic N) is 1. The van der Waals surface area contributed by atoms with Crippen LogP contribution in [0.4, 0.5) is 0 Å². The summed E-state index contributed by atoms with van der Waals surface area (Å²) in [5, 5.41) is 3.15. The van der Waals surface area contributed by atoms with E-state index in [1.807, 2.05) is 7.05 Å². The van der Waals surface area contributed by atoms with E-state index in [2.05, 4.69) is 11.2 Å². The molecule has 0 radical (unpaired) electrons. The minimum atomic E-state index is -0.155. The van der Waals surface area contributed by atoms with E-state index < -0.39 is 0 Å². The second-order valence-electron chi connectivity index (χ2n) is 3.77. The Kier molecular flexibility index (Phi) is 4.48. The van der Waals surface area contributed by atoms with Crippen molar-refractivity contribution in [3.63, 3.8) is 0 Å². The molecule has 3 nitrogen and oxygen atoms in total. The fourth-order valence-corrected chi connectivity index (χ4v) is 1.86. The molecule has 1 aliphatic rings. The van der Waals surface area contributed by atoms with Crippen molar-refractivity contribution in [3.8, 4) is 12.3 Å². The topological polar surface area (TPSA) is 32.3 Å². The predicted molar refractivity (Wildman–Crippen MR) is 56.7 cm³/mol. The number of piperidine rings is 1. The maximum absolute atomic E-state index is 11.2. The summed E-state index contributed by atoms with van der Waals surface area (Å²) >= 11 is 0. The summed E-state index contributed by atoms with van der Waals surface area (Å²) in [5.41, 5.74) is 0. The molecule has 3 heteroatoms. The zero-order valence-corrected chi connectivity index (χ0v) is 8.75. The van der Waals surface area contributed by atoms with Gasteiger partial charge < -0.3 is 10.2 Å². The maximum atomic E-state index is 11.2. The van der Waals surface area contributed by atoms with Crippen LogP contribution in [0.3, 0.4) is 0 Å². The number of nitrogens with one attached hydrogen (secondary N) is 1. The number of amides is 1. The van der Waals surface area contributed by atoms with Gasteiger partial charge in [0, 0.05) is 13.1 Å². The first kappa shape index (κ1) is 11.1. The Labute approximate surface area is 85.9 Å². The van der Waals surface area contributed by atoms with Crippen molar-refractivity contribution < 1.29 is 4.79 Å². The second kappa shape index (κ2) is 5.66. The molecule has 1 N–H and O–H groups in total. The third kappa shape index (κ3) is 3.04. The fraction of sp³-hybridized carbons (Fsp3) is 0.727. The number of carbonyl (C=O) groups is 1. The van der Waals surface area contributed by atoms with Crippen molar-refractivity contribution in [1.29, 1.82) is 0 Å². The number of likely N-dealkylation sites (tertiary alicyclic amines) is 1. The van der Waals surface area contributed by atoms with E-state index in [0.29, 0.717) is 0 Å². The molecule has 0 aromatic rings. The summed E-state index contributed by atoms with van der Waals surface area (Å²) in [6.45, 7) is 2.72. The lowest BCUT2D eigenvalue weighted by molar-refractivity contribution is -0.126. The first-order chi connectivity index (χ1) is 6.77. The SMILES string of the molecule is C#CC(=O)N1CCC(CCNC)CC1. The molecule has 1 heterocycles. The van der Waals surface area contributed by atoms with E-state index >= 15 is 0 Å². The van der Waals surface area contributed by atoms with E-state index in [-0.39, 0.29) is 5.91 Å². The van der Waals surface area contributed by atoms with Crippen LogP contribution in [0.5, 0.6) is 0 Å². The van der Waals surface area contributed by atoms with Crippen molar-refractivity contribution in [2.75, 3.05) is 26.7 Å². The summed E-state index contributed by atoms with van der Waals surface area (Å²) in [4.78, 5) is 12.9. The van der Waals surface area contributed by atoms with E-state index in [9.17, 15) is 4.79 Å². The lowest BCUT2D eigenvalue weighted by Crippen LogP contribution is -2.38. The highest BCUT2D eigenvalue weighted by Crippen LogP contribution is 2.19. The Morgan fingerprint density at radius 1 is 1.57 bits per heavy atom. The average molecular weight is 194 g/mol. The average Bonchev–Trinajstić information content (AvgIpc) is 2.26. The van der Waals surface area contributed by atoms with Gasteiger partial charge in [-0.15, -0.1) is 6.42 Å². The van der Waals surface area contributed by atoms with Crippen LogP contribution in [-0.4, -0.2) is 37.5 Å². The van der Waals surface area contributed by atoms with Crippen LogP contribution in [0.25, 0.3) is 0 Å². The summed E-state index contributed by atoms with van der Waals surface area (Å²) in [5.74, 6) is 2.77. The van der Waals surface area contributed by atoms with Gasteiger partial charge in [0.15, 0.2) is 0 Å². The number of rotatable bonds is 3. The molecule has 0 atom stereocenters. The molecular weight excluding hydrogens is 176 g/mol. The summed E-state index contributed by atoms with van der Waals surface area (Å²) in [6.07, 6.45) is 8.45. The van der Waals surface area contributed by atoms with Crippen molar-refractivity contribution in [3.05, 3.63) is 0 Å². The smallest absolute Gasteiger partial charge is 0.298 e. The zero-order valence-electron chi connectivity index (χ0n) is 8.75. The van der Waals surface area contributed by atoms with Gasteiger partial charge >= 0.3 is 0 Å². The van der Waals surface area contributed by atoms with Gasteiger partial charge in [-0.3, -0.25) is 4.79 Å². The first-order valence-electron chi connectivity index (χ1n) is 5.18. The van der Waals surface area contributed by atoms with Crippen molar-refractivity contribution in [2.24, 2.45) is 5.92 Å². The van der Waals surface area contributed by atoms with E-state index in [4.69, 9.17) is 6.42 Å². The predicted octanol–water partition coefficient (Wildman–Crippen LogP) is 0.468. The summed E-state index contributed by atoms with van der Waals surface area (Å²) < 4.78 is 0. The second-order valence-corrected chi connectivity index (χ2v) is 3.77. The largest absolute Gasteiger partial charge is 0.332 e. The van der Waals surface area contributed by atoms with Gasteiger partial charge in [-0.2, -0.15) is 0 Å². The number of hydrogen-bond acceptors (Lipinski definition) is 2. The summed E-state index contributed by atoms with van der Waals surface area (Å²) in [6, 6.07) is 0. The summed E-state index contributed by atoms with van der Waals surface area (Å²) in [7, 11) is 1.97. The Morgan fingerprint density at radius 3 is 2.71 bits per heavy atom. The van der Waals surface area contributed by atoms with E-state index in [1.54, 1.807) is 4.90 Å². The molecule has 0 spiro atoms. The minimum absolute atomic E-state index is 0.155. The standard InChI is InChI=1S/C11H18N2O/c1-3-11(14)13-8-5-10(6-9-13)4-7-12-2/h1,10,12H,4-9H2,2H3. The first-order valence-corrected chi connectivity index (χ1v) is 5.18. The Bertz CT molecular complexity index is 224. The molecule has 1 amide bonds. The van der Waals surface area contributed by atoms with Crippen LogP contribution in [-0.2, 0) is 4.79 Å². The van der Waals surface area contributed by atoms with Crippen LogP contribution in [0.1, 0.15) is 19.3 Å². The van der Waals surface area contributed by atoms with Gasteiger partial charge in [0.05, 0.1) is 0 Å². The van der Waals surface area contributed by atoms with Crippen LogP contribution in [0, 0.1) is 18.3 Å². The van der Waals surface area contributed by atoms with Crippen LogP contribution >= 0.6 is 0 Å². The highest BCUT2D eigenvalue weighted by atomic mass is 16.2. The third-order valence-electron chi connectivity index (χ3n) is 2.83. The third-order valence-corrected chi connectivity index (χ3v) is 2.83. The fourth-order valence-electron chi connectivity index (χ4n) is 1.86. The molecule has 1 saturated heterocycles. The molecule has 0 aliphatic carbocycles. The Morgan fingerprint density at radius 2 is 2.21 bits per heavy atom. The zero-order chi connectivity index (χ0) is 10.4. The molecule has 1 aliphatic heterocycles. The maximum Gasteiger partial charge on any atom is 0.298 e. The lowest BCUT2D eigenvalue weighted by Gasteiger charge is -2.30. The highest BCUT2D eigenvalue weighted by Gasteiger charge is 2.20. The quantitative estimate of drug-likeness (QED) is 0.662. The van der Waals surface area contributed by atoms with Gasteiger partial charge in [0.1, 0.15) is 0 Å². The van der Waals surface area contributed by atoms with Gasteiger partial charge in [-0.25, -0.2) is 0 Å². The van der Waals surface area contributed by atoms with Gasteiger partial charge in [0.2, 0.25) is 0 Å². The van der Waals surface area contributed by atoms with Gasteiger partial charge in [-0.1, -0.05) is 0 Å². The highest BCUT2D eigenvalue weighted by molar-refractivity contribution is 5.92. The van der Waals surface area contributed by atoms with Crippen LogP contribution in [0.15, 0.2) is 0 Å². The molecule has 14 heavy (non-hydrogen) atoms. The molecule has 1 rings (SSSR count). The van der Waals surface area contributed by atoms with Crippen molar-refractivity contribution in [2.45, 2.75) is 19.3 Å². The Balaban J connectivity index is 2.25. The molecule has 0 bridgehead atoms. The number of terminal acetylenes is 1. The normalized spacial score (nSPS) is 17.9.